The van der Waals surface area contributed by atoms with Crippen molar-refractivity contribution < 1.29 is 14.3 Å². The fourth-order valence-electron chi connectivity index (χ4n) is 4.37. The first-order chi connectivity index (χ1) is 20.0. The Labute approximate surface area is 240 Å². The Morgan fingerprint density at radius 2 is 1.37 bits per heavy atom. The molecule has 0 atom stereocenters. The van der Waals surface area contributed by atoms with Crippen molar-refractivity contribution in [1.82, 2.24) is 0 Å². The van der Waals surface area contributed by atoms with Crippen molar-refractivity contribution in [3.8, 4) is 17.6 Å². The van der Waals surface area contributed by atoms with Crippen LogP contribution in [0.2, 0.25) is 0 Å². The minimum Gasteiger partial charge on any atom is -0.489 e. The predicted molar refractivity (Wildman–Crippen MR) is 164 cm³/mol. The highest BCUT2D eigenvalue weighted by Crippen LogP contribution is 2.31. The Morgan fingerprint density at radius 1 is 0.756 bits per heavy atom. The number of nitrogens with zero attached hydrogens (tertiary/aromatic N) is 1. The van der Waals surface area contributed by atoms with E-state index in [-0.39, 0.29) is 5.57 Å². The summed E-state index contributed by atoms with van der Waals surface area (Å²) in [5.74, 6) is 0.781. The van der Waals surface area contributed by atoms with Gasteiger partial charge in [-0.15, -0.1) is 0 Å². The molecule has 0 aliphatic heterocycles. The number of fused-ring (bicyclic) bond motifs is 1. The van der Waals surface area contributed by atoms with Gasteiger partial charge in [0.1, 0.15) is 36.4 Å². The molecule has 0 heterocycles. The van der Waals surface area contributed by atoms with Gasteiger partial charge in [0.2, 0.25) is 0 Å². The molecule has 0 aromatic heterocycles. The molecule has 0 unspecified atom stereocenters. The zero-order chi connectivity index (χ0) is 28.6. The average Bonchev–Trinajstić information content (AvgIpc) is 3.00. The number of ether oxygens (including phenoxy) is 2. The molecule has 0 radical (unpaired) electrons. The molecular formula is C36H30N2O3. The lowest BCUT2D eigenvalue weighted by atomic mass is 10.0. The Balaban J connectivity index is 1.33. The first kappa shape index (κ1) is 27.2. The standard InChI is InChI=1S/C36H30N2O3/c1-25-7-11-27(12-8-25)23-40-32-18-16-31(17-19-32)38-36(39)30(22-37)21-34-33-6-4-3-5-29(33)15-20-35(34)41-24-28-13-9-26(2)10-14-28/h3-21H,23-24H2,1-2H3,(H,38,39)/b30-21+. The minimum absolute atomic E-state index is 0.0266. The lowest BCUT2D eigenvalue weighted by Crippen LogP contribution is -2.13. The van der Waals surface area contributed by atoms with Crippen LogP contribution >= 0.6 is 0 Å². The molecule has 5 rings (SSSR count). The van der Waals surface area contributed by atoms with Crippen LogP contribution in [0, 0.1) is 25.2 Å². The summed E-state index contributed by atoms with van der Waals surface area (Å²) in [6, 6.07) is 37.2. The molecule has 202 valence electrons. The molecule has 1 amide bonds. The third kappa shape index (κ3) is 7.00. The summed E-state index contributed by atoms with van der Waals surface area (Å²) in [5, 5.41) is 14.6. The van der Waals surface area contributed by atoms with E-state index in [2.05, 4.69) is 23.5 Å². The van der Waals surface area contributed by atoms with E-state index in [1.54, 1.807) is 30.3 Å². The number of benzene rings is 5. The quantitative estimate of drug-likeness (QED) is 0.152. The Hall–Kier alpha value is -5.34. The number of hydrogen-bond donors (Lipinski definition) is 1. The fraction of sp³-hybridized carbons (Fsp3) is 0.111. The van der Waals surface area contributed by atoms with Gasteiger partial charge in [-0.25, -0.2) is 0 Å². The van der Waals surface area contributed by atoms with Gasteiger partial charge in [0.15, 0.2) is 0 Å². The molecule has 5 aromatic carbocycles. The highest BCUT2D eigenvalue weighted by molar-refractivity contribution is 6.11. The molecule has 0 aliphatic carbocycles. The average molecular weight is 539 g/mol. The van der Waals surface area contributed by atoms with Gasteiger partial charge in [-0.05, 0) is 72.2 Å². The summed E-state index contributed by atoms with van der Waals surface area (Å²) in [6.45, 7) is 4.91. The van der Waals surface area contributed by atoms with Crippen LogP contribution in [-0.2, 0) is 18.0 Å². The van der Waals surface area contributed by atoms with Crippen LogP contribution in [0.1, 0.15) is 27.8 Å². The second-order valence-electron chi connectivity index (χ2n) is 9.90. The van der Waals surface area contributed by atoms with Crippen molar-refractivity contribution in [3.63, 3.8) is 0 Å². The van der Waals surface area contributed by atoms with Gasteiger partial charge in [0.05, 0.1) is 0 Å². The fourth-order valence-corrected chi connectivity index (χ4v) is 4.37. The highest BCUT2D eigenvalue weighted by atomic mass is 16.5. The molecule has 5 heteroatoms. The smallest absolute Gasteiger partial charge is 0.266 e. The molecule has 0 aliphatic rings. The van der Waals surface area contributed by atoms with Crippen molar-refractivity contribution in [1.29, 1.82) is 5.26 Å². The molecule has 0 spiro atoms. The molecule has 0 saturated carbocycles. The largest absolute Gasteiger partial charge is 0.489 e. The molecule has 41 heavy (non-hydrogen) atoms. The van der Waals surface area contributed by atoms with Gasteiger partial charge in [-0.2, -0.15) is 5.26 Å². The highest BCUT2D eigenvalue weighted by Gasteiger charge is 2.14. The zero-order valence-corrected chi connectivity index (χ0v) is 23.1. The number of nitriles is 1. The second-order valence-corrected chi connectivity index (χ2v) is 9.90. The Morgan fingerprint density at radius 3 is 2.00 bits per heavy atom. The number of carbonyl (C=O) groups excluding carboxylic acids is 1. The van der Waals surface area contributed by atoms with Crippen molar-refractivity contribution in [3.05, 3.63) is 143 Å². The van der Waals surface area contributed by atoms with Crippen LogP contribution in [0.5, 0.6) is 11.5 Å². The molecular weight excluding hydrogens is 508 g/mol. The summed E-state index contributed by atoms with van der Waals surface area (Å²) in [5.41, 5.74) is 5.70. The molecule has 5 nitrogen and oxygen atoms in total. The summed E-state index contributed by atoms with van der Waals surface area (Å²) < 4.78 is 12.1. The first-order valence-corrected chi connectivity index (χ1v) is 13.4. The van der Waals surface area contributed by atoms with Crippen molar-refractivity contribution >= 4 is 28.4 Å². The van der Waals surface area contributed by atoms with E-state index in [0.29, 0.717) is 36.0 Å². The maximum Gasteiger partial charge on any atom is 0.266 e. The maximum atomic E-state index is 13.2. The molecule has 0 saturated heterocycles. The van der Waals surface area contributed by atoms with Crippen LogP contribution in [-0.4, -0.2) is 5.91 Å². The van der Waals surface area contributed by atoms with Gasteiger partial charge in [-0.1, -0.05) is 90.0 Å². The third-order valence-electron chi connectivity index (χ3n) is 6.74. The van der Waals surface area contributed by atoms with E-state index in [9.17, 15) is 10.1 Å². The van der Waals surface area contributed by atoms with E-state index in [0.717, 1.165) is 21.9 Å². The number of nitrogens with one attached hydrogen (secondary N) is 1. The van der Waals surface area contributed by atoms with Crippen molar-refractivity contribution in [2.24, 2.45) is 0 Å². The number of rotatable bonds is 9. The monoisotopic (exact) mass is 538 g/mol. The van der Waals surface area contributed by atoms with Crippen LogP contribution in [0.25, 0.3) is 16.8 Å². The molecule has 1 N–H and O–H groups in total. The zero-order valence-electron chi connectivity index (χ0n) is 23.1. The SMILES string of the molecule is Cc1ccc(COc2ccc(NC(=O)/C(C#N)=C/c3c(OCc4ccc(C)cc4)ccc4ccccc34)cc2)cc1. The number of carbonyl (C=O) groups is 1. The van der Waals surface area contributed by atoms with Gasteiger partial charge in [0, 0.05) is 11.3 Å². The lowest BCUT2D eigenvalue weighted by Gasteiger charge is -2.13. The minimum atomic E-state index is -0.502. The van der Waals surface area contributed by atoms with Gasteiger partial charge < -0.3 is 14.8 Å². The summed E-state index contributed by atoms with van der Waals surface area (Å²) in [6.07, 6.45) is 1.60. The van der Waals surface area contributed by atoms with E-state index in [1.807, 2.05) is 86.6 Å². The van der Waals surface area contributed by atoms with Crippen molar-refractivity contribution in [2.75, 3.05) is 5.32 Å². The normalized spacial score (nSPS) is 11.1. The molecule has 0 fully saturated rings. The summed E-state index contributed by atoms with van der Waals surface area (Å²) in [7, 11) is 0. The number of anilines is 1. The van der Waals surface area contributed by atoms with Crippen molar-refractivity contribution in [2.45, 2.75) is 27.1 Å². The topological polar surface area (TPSA) is 71.3 Å². The van der Waals surface area contributed by atoms with Crippen LogP contribution in [0.3, 0.4) is 0 Å². The number of hydrogen-bond acceptors (Lipinski definition) is 4. The first-order valence-electron chi connectivity index (χ1n) is 13.4. The van der Waals surface area contributed by atoms with Gasteiger partial charge in [0.25, 0.3) is 5.91 Å². The van der Waals surface area contributed by atoms with E-state index in [1.165, 1.54) is 11.1 Å². The summed E-state index contributed by atoms with van der Waals surface area (Å²) >= 11 is 0. The van der Waals surface area contributed by atoms with Gasteiger partial charge in [-0.3, -0.25) is 4.79 Å². The van der Waals surface area contributed by atoms with E-state index in [4.69, 9.17) is 9.47 Å². The number of amides is 1. The van der Waals surface area contributed by atoms with Crippen LogP contribution < -0.4 is 14.8 Å². The Kier molecular flexibility index (Phi) is 8.42. The third-order valence-corrected chi connectivity index (χ3v) is 6.74. The van der Waals surface area contributed by atoms with E-state index >= 15 is 0 Å². The maximum absolute atomic E-state index is 13.2. The second kappa shape index (κ2) is 12.7. The predicted octanol–water partition coefficient (Wildman–Crippen LogP) is 8.16. The molecule has 5 aromatic rings. The van der Waals surface area contributed by atoms with Crippen LogP contribution in [0.4, 0.5) is 5.69 Å². The number of aryl methyl sites for hydroxylation is 2. The van der Waals surface area contributed by atoms with Gasteiger partial charge >= 0.3 is 0 Å². The summed E-state index contributed by atoms with van der Waals surface area (Å²) in [4.78, 5) is 13.2. The van der Waals surface area contributed by atoms with Crippen LogP contribution in [0.15, 0.2) is 115 Å². The van der Waals surface area contributed by atoms with E-state index < -0.39 is 5.91 Å². The lowest BCUT2D eigenvalue weighted by molar-refractivity contribution is -0.112. The molecule has 0 bridgehead atoms. The Bertz CT molecular complexity index is 1730.